The molecule has 1 rings (SSSR count). The van der Waals surface area contributed by atoms with Gasteiger partial charge in [0.15, 0.2) is 0 Å². The quantitative estimate of drug-likeness (QED) is 0.553. The van der Waals surface area contributed by atoms with Crippen LogP contribution < -0.4 is 10.6 Å². The minimum absolute atomic E-state index is 0.104. The van der Waals surface area contributed by atoms with E-state index in [1.54, 1.807) is 0 Å². The zero-order valence-corrected chi connectivity index (χ0v) is 12.9. The van der Waals surface area contributed by atoms with E-state index in [0.29, 0.717) is 6.54 Å². The van der Waals surface area contributed by atoms with Gasteiger partial charge in [-0.15, -0.1) is 0 Å². The lowest BCUT2D eigenvalue weighted by atomic mass is 9.89. The topological polar surface area (TPSA) is 81.6 Å². The number of amides is 2. The Bertz CT molecular complexity index is 393. The van der Waals surface area contributed by atoms with Gasteiger partial charge in [-0.1, -0.05) is 13.8 Å². The molecule has 0 radical (unpaired) electrons. The molecule has 0 saturated heterocycles. The number of hydrogen-bond acceptors (Lipinski definition) is 4. The molecule has 0 aliphatic heterocycles. The summed E-state index contributed by atoms with van der Waals surface area (Å²) in [6.45, 7) is 4.88. The van der Waals surface area contributed by atoms with E-state index in [1.807, 2.05) is 30.7 Å². The highest BCUT2D eigenvalue weighted by Gasteiger charge is 2.15. The molecule has 0 spiro atoms. The Kier molecular flexibility index (Phi) is 6.98. The van der Waals surface area contributed by atoms with Gasteiger partial charge in [0.2, 0.25) is 0 Å². The van der Waals surface area contributed by atoms with Gasteiger partial charge in [0, 0.05) is 19.7 Å². The molecule has 114 valence electrons. The van der Waals surface area contributed by atoms with Gasteiger partial charge in [-0.2, -0.15) is 11.3 Å². The number of urea groups is 1. The molecule has 1 atom stereocenters. The molecule has 0 bridgehead atoms. The van der Waals surface area contributed by atoms with Crippen LogP contribution in [0.1, 0.15) is 38.4 Å². The molecule has 0 aromatic carbocycles. The van der Waals surface area contributed by atoms with Crippen LogP contribution in [0.3, 0.4) is 0 Å². The zero-order chi connectivity index (χ0) is 15.0. The minimum atomic E-state index is -0.666. The Morgan fingerprint density at radius 1 is 1.45 bits per heavy atom. The van der Waals surface area contributed by atoms with Crippen LogP contribution in [0, 0.1) is 5.41 Å². The van der Waals surface area contributed by atoms with Gasteiger partial charge in [0.05, 0.1) is 6.10 Å². The summed E-state index contributed by atoms with van der Waals surface area (Å²) in [5.74, 6) is 0. The summed E-state index contributed by atoms with van der Waals surface area (Å²) in [7, 11) is 0. The van der Waals surface area contributed by atoms with Gasteiger partial charge in [-0.05, 0) is 40.6 Å². The number of aliphatic hydroxyl groups is 2. The lowest BCUT2D eigenvalue weighted by Gasteiger charge is -2.21. The number of nitrogens with one attached hydrogen (secondary N) is 2. The van der Waals surface area contributed by atoms with Crippen LogP contribution in [-0.2, 0) is 0 Å². The summed E-state index contributed by atoms with van der Waals surface area (Å²) in [5, 5.41) is 28.0. The van der Waals surface area contributed by atoms with Gasteiger partial charge in [-0.25, -0.2) is 4.79 Å². The molecule has 20 heavy (non-hydrogen) atoms. The van der Waals surface area contributed by atoms with E-state index in [2.05, 4.69) is 10.6 Å². The van der Waals surface area contributed by atoms with Crippen LogP contribution in [0.4, 0.5) is 4.79 Å². The second-order valence-corrected chi connectivity index (χ2v) is 6.42. The highest BCUT2D eigenvalue weighted by molar-refractivity contribution is 7.07. The molecular weight excluding hydrogens is 276 g/mol. The molecule has 6 heteroatoms. The van der Waals surface area contributed by atoms with Crippen molar-refractivity contribution in [2.45, 2.75) is 32.8 Å². The Morgan fingerprint density at radius 3 is 2.80 bits per heavy atom. The summed E-state index contributed by atoms with van der Waals surface area (Å²) in [4.78, 5) is 11.5. The molecule has 0 aliphatic rings. The first kappa shape index (κ1) is 16.9. The second kappa shape index (κ2) is 8.24. The molecule has 0 aliphatic carbocycles. The fourth-order valence-corrected chi connectivity index (χ4v) is 2.39. The first-order valence-electron chi connectivity index (χ1n) is 6.77. The van der Waals surface area contributed by atoms with Gasteiger partial charge < -0.3 is 20.8 Å². The fraction of sp³-hybridized carbons (Fsp3) is 0.643. The van der Waals surface area contributed by atoms with Crippen LogP contribution >= 0.6 is 11.3 Å². The average molecular weight is 300 g/mol. The molecule has 0 saturated carbocycles. The molecule has 4 N–H and O–H groups in total. The smallest absolute Gasteiger partial charge is 0.314 e. The van der Waals surface area contributed by atoms with E-state index < -0.39 is 6.10 Å². The maximum atomic E-state index is 11.5. The monoisotopic (exact) mass is 300 g/mol. The number of rotatable bonds is 8. The van der Waals surface area contributed by atoms with Gasteiger partial charge in [-0.3, -0.25) is 0 Å². The van der Waals surface area contributed by atoms with E-state index in [1.165, 1.54) is 11.3 Å². The van der Waals surface area contributed by atoms with E-state index in [4.69, 9.17) is 5.11 Å². The number of aliphatic hydroxyl groups excluding tert-OH is 2. The molecule has 1 aromatic heterocycles. The third-order valence-electron chi connectivity index (χ3n) is 3.13. The third-order valence-corrected chi connectivity index (χ3v) is 3.83. The Labute approximate surface area is 124 Å². The Balaban J connectivity index is 2.12. The summed E-state index contributed by atoms with van der Waals surface area (Å²) in [5.41, 5.74) is 0.716. The zero-order valence-electron chi connectivity index (χ0n) is 12.1. The summed E-state index contributed by atoms with van der Waals surface area (Å²) in [6.07, 6.45) is 0.996. The first-order chi connectivity index (χ1) is 9.44. The normalized spacial score (nSPS) is 13.0. The van der Waals surface area contributed by atoms with Crippen LogP contribution in [0.25, 0.3) is 0 Å². The van der Waals surface area contributed by atoms with Crippen molar-refractivity contribution >= 4 is 17.4 Å². The van der Waals surface area contributed by atoms with E-state index in [9.17, 15) is 9.90 Å². The molecule has 5 nitrogen and oxygen atoms in total. The standard InChI is InChI=1S/C14H24N2O3S/c1-14(2,10-17)5-3-6-15-13(19)16-8-12(18)11-4-7-20-9-11/h4,7,9,12,17-18H,3,5-6,8,10H2,1-2H3,(H2,15,16,19). The first-order valence-corrected chi connectivity index (χ1v) is 7.71. The minimum Gasteiger partial charge on any atom is -0.396 e. The van der Waals surface area contributed by atoms with Crippen molar-refractivity contribution < 1.29 is 15.0 Å². The molecular formula is C14H24N2O3S. The van der Waals surface area contributed by atoms with Gasteiger partial charge >= 0.3 is 6.03 Å². The van der Waals surface area contributed by atoms with E-state index in [0.717, 1.165) is 18.4 Å². The predicted molar refractivity (Wildman–Crippen MR) is 80.8 cm³/mol. The Hall–Kier alpha value is -1.11. The Morgan fingerprint density at radius 2 is 2.20 bits per heavy atom. The number of carbonyl (C=O) groups is 1. The molecule has 0 fully saturated rings. The van der Waals surface area contributed by atoms with Crippen molar-refractivity contribution in [2.75, 3.05) is 19.7 Å². The van der Waals surface area contributed by atoms with E-state index >= 15 is 0 Å². The van der Waals surface area contributed by atoms with Crippen molar-refractivity contribution in [1.82, 2.24) is 10.6 Å². The van der Waals surface area contributed by atoms with Crippen LogP contribution in [0.15, 0.2) is 16.8 Å². The number of carbonyl (C=O) groups excluding carboxylic acids is 1. The van der Waals surface area contributed by atoms with Crippen LogP contribution in [-0.4, -0.2) is 35.9 Å². The molecule has 1 heterocycles. The van der Waals surface area contributed by atoms with Gasteiger partial charge in [0.25, 0.3) is 0 Å². The third kappa shape index (κ3) is 6.36. The lowest BCUT2D eigenvalue weighted by molar-refractivity contribution is 0.147. The number of hydrogen-bond donors (Lipinski definition) is 4. The highest BCUT2D eigenvalue weighted by atomic mass is 32.1. The highest BCUT2D eigenvalue weighted by Crippen LogP contribution is 2.20. The average Bonchev–Trinajstić information content (AvgIpc) is 2.95. The summed E-state index contributed by atoms with van der Waals surface area (Å²) < 4.78 is 0. The van der Waals surface area contributed by atoms with Crippen LogP contribution in [0.5, 0.6) is 0 Å². The largest absolute Gasteiger partial charge is 0.396 e. The van der Waals surface area contributed by atoms with Crippen molar-refractivity contribution in [3.63, 3.8) is 0 Å². The van der Waals surface area contributed by atoms with Crippen molar-refractivity contribution in [1.29, 1.82) is 0 Å². The van der Waals surface area contributed by atoms with Crippen molar-refractivity contribution in [3.05, 3.63) is 22.4 Å². The SMILES string of the molecule is CC(C)(CO)CCCNC(=O)NCC(O)c1ccsc1. The predicted octanol–water partition coefficient (Wildman–Crippen LogP) is 1.88. The summed E-state index contributed by atoms with van der Waals surface area (Å²) >= 11 is 1.51. The molecule has 1 aromatic rings. The van der Waals surface area contributed by atoms with Gasteiger partial charge in [0.1, 0.15) is 0 Å². The number of thiophene rings is 1. The van der Waals surface area contributed by atoms with Crippen molar-refractivity contribution in [2.24, 2.45) is 5.41 Å². The second-order valence-electron chi connectivity index (χ2n) is 5.64. The lowest BCUT2D eigenvalue weighted by Crippen LogP contribution is -2.38. The maximum Gasteiger partial charge on any atom is 0.314 e. The summed E-state index contributed by atoms with van der Waals surface area (Å²) in [6, 6.07) is 1.56. The maximum absolute atomic E-state index is 11.5. The molecule has 1 unspecified atom stereocenters. The van der Waals surface area contributed by atoms with Crippen LogP contribution in [0.2, 0.25) is 0 Å². The fourth-order valence-electron chi connectivity index (χ4n) is 1.68. The van der Waals surface area contributed by atoms with E-state index in [-0.39, 0.29) is 24.6 Å². The molecule has 2 amide bonds. The van der Waals surface area contributed by atoms with Crippen molar-refractivity contribution in [3.8, 4) is 0 Å².